The number of carbonyl (C=O) groups excluding carboxylic acids is 2. The fourth-order valence-electron chi connectivity index (χ4n) is 3.50. The molecule has 0 aliphatic carbocycles. The van der Waals surface area contributed by atoms with Gasteiger partial charge in [-0.05, 0) is 105 Å². The number of hydrogen-bond acceptors (Lipinski definition) is 7. The van der Waals surface area contributed by atoms with Gasteiger partial charge < -0.3 is 14.8 Å². The number of nitrogens with zero attached hydrogens (tertiary/aromatic N) is 4. The highest BCUT2D eigenvalue weighted by atomic mass is 79.9. The molecule has 2 amide bonds. The van der Waals surface area contributed by atoms with Crippen LogP contribution in [0, 0.1) is 0 Å². The number of halogens is 3. The standard InChI is InChI=1S/C25H32BrClFN5O4S/c1-14(28)17(29-22(34)36-24(2,3)4)11-15-12-18-20(30-21(27)31-33(18)19(15)26)32(13-16-9-8-10-38-16)23(35)37-25(5,6)7/h8-10,12,14,17H,11,13H2,1-7H3,(H,29,34)/t14-,17+/m0/s1. The molecule has 38 heavy (non-hydrogen) atoms. The van der Waals surface area contributed by atoms with E-state index >= 15 is 0 Å². The van der Waals surface area contributed by atoms with Crippen LogP contribution in [0.4, 0.5) is 19.8 Å². The molecule has 0 aliphatic heterocycles. The van der Waals surface area contributed by atoms with Crippen molar-refractivity contribution in [3.8, 4) is 0 Å². The smallest absolute Gasteiger partial charge is 0.416 e. The summed E-state index contributed by atoms with van der Waals surface area (Å²) in [6, 6.07) is 4.63. The van der Waals surface area contributed by atoms with Crippen molar-refractivity contribution in [1.29, 1.82) is 0 Å². The van der Waals surface area contributed by atoms with Gasteiger partial charge in [0, 0.05) is 4.88 Å². The van der Waals surface area contributed by atoms with Crippen molar-refractivity contribution in [3.63, 3.8) is 0 Å². The zero-order valence-corrected chi connectivity index (χ0v) is 25.5. The number of amides is 2. The van der Waals surface area contributed by atoms with E-state index in [1.807, 2.05) is 17.5 Å². The molecule has 0 aliphatic rings. The molecule has 1 N–H and O–H groups in total. The second-order valence-corrected chi connectivity index (χ2v) is 12.9. The zero-order valence-electron chi connectivity index (χ0n) is 22.3. The average Bonchev–Trinajstić information content (AvgIpc) is 3.37. The second-order valence-electron chi connectivity index (χ2n) is 10.7. The SMILES string of the molecule is C[C@H](F)[C@@H](Cc1cc2c(N(Cc3cccs3)C(=O)OC(C)(C)C)nc(Cl)nn2c1Br)NC(=O)OC(C)(C)C. The van der Waals surface area contributed by atoms with E-state index in [0.29, 0.717) is 15.7 Å². The van der Waals surface area contributed by atoms with Gasteiger partial charge in [0.15, 0.2) is 5.82 Å². The van der Waals surface area contributed by atoms with Crippen molar-refractivity contribution in [2.75, 3.05) is 4.90 Å². The Labute approximate surface area is 238 Å². The van der Waals surface area contributed by atoms with E-state index in [1.54, 1.807) is 47.6 Å². The molecule has 208 valence electrons. The third-order valence-corrected chi connectivity index (χ3v) is 6.93. The highest BCUT2D eigenvalue weighted by molar-refractivity contribution is 9.10. The molecule has 3 rings (SSSR count). The first-order valence-corrected chi connectivity index (χ1v) is 14.0. The van der Waals surface area contributed by atoms with Gasteiger partial charge in [-0.15, -0.1) is 16.4 Å². The molecule has 0 fully saturated rings. The summed E-state index contributed by atoms with van der Waals surface area (Å²) in [5.74, 6) is 0.226. The summed E-state index contributed by atoms with van der Waals surface area (Å²) >= 11 is 11.3. The topological polar surface area (TPSA) is 98.1 Å². The minimum atomic E-state index is -1.39. The number of anilines is 1. The fraction of sp³-hybridized carbons (Fsp3) is 0.520. The van der Waals surface area contributed by atoms with Gasteiger partial charge >= 0.3 is 12.2 Å². The summed E-state index contributed by atoms with van der Waals surface area (Å²) in [6.45, 7) is 12.1. The lowest BCUT2D eigenvalue weighted by Gasteiger charge is -2.27. The Hall–Kier alpha value is -2.44. The average molecular weight is 633 g/mol. The van der Waals surface area contributed by atoms with Crippen molar-refractivity contribution in [3.05, 3.63) is 43.9 Å². The molecule has 0 radical (unpaired) electrons. The summed E-state index contributed by atoms with van der Waals surface area (Å²) in [5.41, 5.74) is -0.410. The van der Waals surface area contributed by atoms with Crippen molar-refractivity contribution >= 4 is 62.4 Å². The van der Waals surface area contributed by atoms with Crippen LogP contribution in [0.5, 0.6) is 0 Å². The van der Waals surface area contributed by atoms with Gasteiger partial charge in [0.1, 0.15) is 27.5 Å². The number of hydrogen-bond donors (Lipinski definition) is 1. The first kappa shape index (κ1) is 30.1. The maximum Gasteiger partial charge on any atom is 0.416 e. The number of alkyl halides is 1. The van der Waals surface area contributed by atoms with Gasteiger partial charge in [-0.25, -0.2) is 18.5 Å². The Balaban J connectivity index is 2.03. The van der Waals surface area contributed by atoms with Crippen LogP contribution in [-0.2, 0) is 22.4 Å². The molecule has 3 aromatic heterocycles. The number of thiophene rings is 1. The van der Waals surface area contributed by atoms with E-state index in [4.69, 9.17) is 21.1 Å². The first-order valence-electron chi connectivity index (χ1n) is 11.9. The maximum absolute atomic E-state index is 14.6. The van der Waals surface area contributed by atoms with E-state index in [9.17, 15) is 14.0 Å². The molecule has 3 aromatic rings. The number of aromatic nitrogens is 3. The Morgan fingerprint density at radius 1 is 1.24 bits per heavy atom. The summed E-state index contributed by atoms with van der Waals surface area (Å²) < 4.78 is 27.5. The van der Waals surface area contributed by atoms with E-state index < -0.39 is 35.6 Å². The summed E-state index contributed by atoms with van der Waals surface area (Å²) in [7, 11) is 0. The lowest BCUT2D eigenvalue weighted by molar-refractivity contribution is 0.0476. The van der Waals surface area contributed by atoms with Crippen molar-refractivity contribution in [2.45, 2.75) is 84.8 Å². The molecule has 9 nitrogen and oxygen atoms in total. The van der Waals surface area contributed by atoms with Crippen LogP contribution in [-0.4, -0.2) is 50.2 Å². The third-order valence-electron chi connectivity index (χ3n) is 5.06. The summed E-state index contributed by atoms with van der Waals surface area (Å²) in [6.07, 6.45) is -2.61. The van der Waals surface area contributed by atoms with Gasteiger partial charge in [0.25, 0.3) is 0 Å². The molecular weight excluding hydrogens is 601 g/mol. The van der Waals surface area contributed by atoms with E-state index in [0.717, 1.165) is 4.88 Å². The molecule has 0 unspecified atom stereocenters. The number of ether oxygens (including phenoxy) is 2. The normalized spacial score (nSPS) is 13.7. The lowest BCUT2D eigenvalue weighted by atomic mass is 10.1. The number of fused-ring (bicyclic) bond motifs is 1. The largest absolute Gasteiger partial charge is 0.444 e. The van der Waals surface area contributed by atoms with Gasteiger partial charge in [0.2, 0.25) is 5.28 Å². The Morgan fingerprint density at radius 3 is 2.45 bits per heavy atom. The monoisotopic (exact) mass is 631 g/mol. The lowest BCUT2D eigenvalue weighted by Crippen LogP contribution is -2.44. The van der Waals surface area contributed by atoms with Crippen LogP contribution >= 0.6 is 38.9 Å². The van der Waals surface area contributed by atoms with Gasteiger partial charge in [-0.1, -0.05) is 6.07 Å². The maximum atomic E-state index is 14.6. The quantitative estimate of drug-likeness (QED) is 0.303. The van der Waals surface area contributed by atoms with Gasteiger partial charge in [0.05, 0.1) is 12.6 Å². The Morgan fingerprint density at radius 2 is 1.89 bits per heavy atom. The minimum absolute atomic E-state index is 0.0997. The van der Waals surface area contributed by atoms with Crippen LogP contribution in [0.3, 0.4) is 0 Å². The van der Waals surface area contributed by atoms with Crippen molar-refractivity contribution < 1.29 is 23.5 Å². The van der Waals surface area contributed by atoms with Gasteiger partial charge in [-0.3, -0.25) is 4.90 Å². The first-order chi connectivity index (χ1) is 17.5. The molecular formula is C25H32BrClFN5O4S. The van der Waals surface area contributed by atoms with Crippen LogP contribution in [0.15, 0.2) is 28.2 Å². The van der Waals surface area contributed by atoms with Crippen LogP contribution in [0.25, 0.3) is 5.52 Å². The zero-order chi connectivity index (χ0) is 28.4. The number of alkyl carbamates (subject to hydrolysis) is 1. The fourth-order valence-corrected chi connectivity index (χ4v) is 4.90. The predicted molar refractivity (Wildman–Crippen MR) is 150 cm³/mol. The van der Waals surface area contributed by atoms with E-state index in [2.05, 4.69) is 31.3 Å². The Kier molecular flexibility index (Phi) is 9.31. The number of carbonyl (C=O) groups is 2. The van der Waals surface area contributed by atoms with Gasteiger partial charge in [-0.2, -0.15) is 4.98 Å². The molecule has 3 heterocycles. The van der Waals surface area contributed by atoms with Crippen LogP contribution < -0.4 is 10.2 Å². The molecule has 0 saturated heterocycles. The number of rotatable bonds is 7. The molecule has 0 spiro atoms. The number of nitrogens with one attached hydrogen (secondary N) is 1. The molecule has 0 aromatic carbocycles. The van der Waals surface area contributed by atoms with E-state index in [-0.39, 0.29) is 24.1 Å². The highest BCUT2D eigenvalue weighted by Gasteiger charge is 2.30. The minimum Gasteiger partial charge on any atom is -0.444 e. The predicted octanol–water partition coefficient (Wildman–Crippen LogP) is 6.94. The molecule has 0 saturated carbocycles. The van der Waals surface area contributed by atoms with Crippen LogP contribution in [0.1, 0.15) is 58.9 Å². The summed E-state index contributed by atoms with van der Waals surface area (Å²) in [4.78, 5) is 32.3. The third kappa shape index (κ3) is 8.03. The Bertz CT molecular complexity index is 1290. The van der Waals surface area contributed by atoms with E-state index in [1.165, 1.54) is 27.7 Å². The molecule has 13 heteroatoms. The van der Waals surface area contributed by atoms with Crippen molar-refractivity contribution in [2.24, 2.45) is 0 Å². The van der Waals surface area contributed by atoms with Crippen LogP contribution in [0.2, 0.25) is 5.28 Å². The highest BCUT2D eigenvalue weighted by Crippen LogP contribution is 2.32. The van der Waals surface area contributed by atoms with Crippen molar-refractivity contribution in [1.82, 2.24) is 19.9 Å². The molecule has 0 bridgehead atoms. The second kappa shape index (κ2) is 11.7. The molecule has 2 atom stereocenters. The summed E-state index contributed by atoms with van der Waals surface area (Å²) in [5, 5.41) is 8.69.